The maximum Gasteiger partial charge on any atom is 0.280 e. The lowest BCUT2D eigenvalue weighted by Crippen LogP contribution is -2.57. The second kappa shape index (κ2) is 12.4. The van der Waals surface area contributed by atoms with Gasteiger partial charge in [0, 0.05) is 17.4 Å². The molecule has 1 fully saturated rings. The van der Waals surface area contributed by atoms with Gasteiger partial charge in [-0.1, -0.05) is 61.0 Å². The summed E-state index contributed by atoms with van der Waals surface area (Å²) in [6, 6.07) is 11.4. The fourth-order valence-electron chi connectivity index (χ4n) is 5.21. The van der Waals surface area contributed by atoms with E-state index in [9.17, 15) is 19.5 Å². The van der Waals surface area contributed by atoms with Gasteiger partial charge in [0.25, 0.3) is 5.91 Å². The number of hydrogen-bond donors (Lipinski definition) is 3. The van der Waals surface area contributed by atoms with Gasteiger partial charge in [-0.25, -0.2) is 9.97 Å². The third-order valence-electron chi connectivity index (χ3n) is 7.57. The molecule has 2 unspecified atom stereocenters. The summed E-state index contributed by atoms with van der Waals surface area (Å²) < 4.78 is 1.71. The van der Waals surface area contributed by atoms with Gasteiger partial charge in [0.15, 0.2) is 5.01 Å². The van der Waals surface area contributed by atoms with Crippen molar-refractivity contribution < 1.29 is 19.5 Å². The Balaban J connectivity index is 1.30. The fraction of sp³-hybridized carbons (Fsp3) is 0.387. The first kappa shape index (κ1) is 31.2. The van der Waals surface area contributed by atoms with E-state index in [1.165, 1.54) is 16.2 Å². The third kappa shape index (κ3) is 6.82. The summed E-state index contributed by atoms with van der Waals surface area (Å²) in [6.07, 6.45) is -0.734. The number of aryl methyl sites for hydroxylation is 1. The average Bonchev–Trinajstić information content (AvgIpc) is 3.68. The number of β-amino-alcohol motifs (C(OH)–C–C–N with tert-alkyl or cyclic N) is 1. The van der Waals surface area contributed by atoms with E-state index in [0.29, 0.717) is 5.52 Å². The zero-order valence-corrected chi connectivity index (χ0v) is 27.8. The molecule has 43 heavy (non-hydrogen) atoms. The summed E-state index contributed by atoms with van der Waals surface area (Å²) in [5.41, 5.74) is 4.78. The fourth-order valence-corrected chi connectivity index (χ4v) is 7.22. The molecule has 2 aromatic heterocycles. The zero-order chi connectivity index (χ0) is 31.1. The number of nitrogens with one attached hydrogen (secondary N) is 2. The van der Waals surface area contributed by atoms with Crippen LogP contribution in [0.25, 0.3) is 20.7 Å². The lowest BCUT2D eigenvalue weighted by Gasteiger charge is -2.35. The molecular formula is C31H34BrN5O4S2. The summed E-state index contributed by atoms with van der Waals surface area (Å²) in [6.45, 7) is 9.43. The molecular weight excluding hydrogens is 650 g/mol. The summed E-state index contributed by atoms with van der Waals surface area (Å²) in [4.78, 5) is 52.0. The molecule has 3 N–H and O–H groups in total. The molecule has 0 aliphatic carbocycles. The van der Waals surface area contributed by atoms with Gasteiger partial charge in [-0.3, -0.25) is 14.4 Å². The highest BCUT2D eigenvalue weighted by atomic mass is 79.9. The molecule has 4 atom stereocenters. The standard InChI is InChI=1S/C31H34BrN5O4S2/c1-16(18-6-8-19(9-7-18)25-17(2)33-15-42-25)34-27(39)23-13-21(38)14-37(23)30(41)26(31(3,4)5)36-28(40)29-35-22-12-20(32)10-11-24(22)43-29/h6-12,15-16,21,23,26,38H,13-14H2,1-5H3,(H,34,39)(H,36,40)/t16?,21-,23+,26?/m1/s1. The third-order valence-corrected chi connectivity index (χ3v) is 10.1. The molecule has 0 saturated carbocycles. The SMILES string of the molecule is Cc1ncsc1-c1ccc(C(C)NC(=O)[C@@H]2C[C@@H](O)CN2C(=O)C(NC(=O)c2nc3cc(Br)ccc3s2)C(C)(C)C)cc1. The van der Waals surface area contributed by atoms with Crippen molar-refractivity contribution in [1.29, 1.82) is 0 Å². The number of rotatable bonds is 7. The van der Waals surface area contributed by atoms with Gasteiger partial charge in [-0.2, -0.15) is 0 Å². The monoisotopic (exact) mass is 683 g/mol. The molecule has 9 nitrogen and oxygen atoms in total. The van der Waals surface area contributed by atoms with Crippen LogP contribution in [0.2, 0.25) is 0 Å². The number of thiazole rings is 2. The molecule has 0 bridgehead atoms. The van der Waals surface area contributed by atoms with Crippen molar-refractivity contribution in [2.75, 3.05) is 6.54 Å². The minimum atomic E-state index is -0.945. The van der Waals surface area contributed by atoms with Gasteiger partial charge in [-0.15, -0.1) is 22.7 Å². The van der Waals surface area contributed by atoms with Crippen LogP contribution in [0.4, 0.5) is 0 Å². The Kier molecular flexibility index (Phi) is 9.03. The van der Waals surface area contributed by atoms with Gasteiger partial charge in [0.1, 0.15) is 12.1 Å². The highest BCUT2D eigenvalue weighted by Gasteiger charge is 2.45. The highest BCUT2D eigenvalue weighted by Crippen LogP contribution is 2.30. The van der Waals surface area contributed by atoms with E-state index in [4.69, 9.17) is 0 Å². The predicted octanol–water partition coefficient (Wildman–Crippen LogP) is 5.47. The van der Waals surface area contributed by atoms with Crippen molar-refractivity contribution in [3.8, 4) is 10.4 Å². The molecule has 1 saturated heterocycles. The molecule has 226 valence electrons. The summed E-state index contributed by atoms with van der Waals surface area (Å²) in [7, 11) is 0. The number of amides is 3. The van der Waals surface area contributed by atoms with Gasteiger partial charge >= 0.3 is 0 Å². The lowest BCUT2D eigenvalue weighted by molar-refractivity contribution is -0.142. The zero-order valence-electron chi connectivity index (χ0n) is 24.6. The van der Waals surface area contributed by atoms with E-state index in [1.54, 1.807) is 11.3 Å². The Morgan fingerprint density at radius 3 is 2.49 bits per heavy atom. The van der Waals surface area contributed by atoms with Crippen molar-refractivity contribution in [2.24, 2.45) is 5.41 Å². The molecule has 5 rings (SSSR count). The van der Waals surface area contributed by atoms with Gasteiger partial charge in [-0.05, 0) is 48.6 Å². The number of aromatic nitrogens is 2. The topological polar surface area (TPSA) is 125 Å². The van der Waals surface area contributed by atoms with Crippen LogP contribution in [0.3, 0.4) is 0 Å². The van der Waals surface area contributed by atoms with Crippen molar-refractivity contribution in [2.45, 2.75) is 65.3 Å². The quantitative estimate of drug-likeness (QED) is 0.237. The Morgan fingerprint density at radius 1 is 1.12 bits per heavy atom. The normalized spacial score (nSPS) is 18.4. The summed E-state index contributed by atoms with van der Waals surface area (Å²) >= 11 is 6.25. The van der Waals surface area contributed by atoms with E-state index in [-0.39, 0.29) is 29.9 Å². The van der Waals surface area contributed by atoms with Crippen LogP contribution in [0.1, 0.15) is 61.2 Å². The number of aliphatic hydroxyl groups excluding tert-OH is 1. The van der Waals surface area contributed by atoms with Crippen LogP contribution in [0.15, 0.2) is 52.4 Å². The number of nitrogens with zero attached hydrogens (tertiary/aromatic N) is 3. The van der Waals surface area contributed by atoms with Crippen molar-refractivity contribution in [3.63, 3.8) is 0 Å². The molecule has 1 aliphatic heterocycles. The first-order valence-corrected chi connectivity index (χ1v) is 16.5. The average molecular weight is 685 g/mol. The Labute approximate surface area is 266 Å². The first-order valence-electron chi connectivity index (χ1n) is 14.0. The lowest BCUT2D eigenvalue weighted by atomic mass is 9.85. The van der Waals surface area contributed by atoms with E-state index < -0.39 is 35.4 Å². The second-order valence-corrected chi connectivity index (χ2v) is 14.7. The number of hydrogen-bond acceptors (Lipinski definition) is 8. The van der Waals surface area contributed by atoms with Crippen LogP contribution >= 0.6 is 38.6 Å². The number of carbonyl (C=O) groups is 3. The van der Waals surface area contributed by atoms with Crippen LogP contribution in [0, 0.1) is 12.3 Å². The Morgan fingerprint density at radius 2 is 1.84 bits per heavy atom. The van der Waals surface area contributed by atoms with E-state index >= 15 is 0 Å². The molecule has 2 aromatic carbocycles. The predicted molar refractivity (Wildman–Crippen MR) is 173 cm³/mol. The Bertz CT molecular complexity index is 1660. The van der Waals surface area contributed by atoms with Crippen LogP contribution < -0.4 is 10.6 Å². The van der Waals surface area contributed by atoms with Gasteiger partial charge < -0.3 is 20.6 Å². The molecule has 12 heteroatoms. The summed E-state index contributed by atoms with van der Waals surface area (Å²) in [5.74, 6) is -1.23. The van der Waals surface area contributed by atoms with Crippen molar-refractivity contribution >= 4 is 66.5 Å². The molecule has 0 radical (unpaired) electrons. The number of fused-ring (bicyclic) bond motifs is 1. The van der Waals surface area contributed by atoms with E-state index in [2.05, 4.69) is 36.5 Å². The summed E-state index contributed by atoms with van der Waals surface area (Å²) in [5, 5.41) is 16.7. The molecule has 3 amide bonds. The minimum Gasteiger partial charge on any atom is -0.391 e. The van der Waals surface area contributed by atoms with Crippen LogP contribution in [-0.2, 0) is 9.59 Å². The number of benzene rings is 2. The number of halogens is 1. The van der Waals surface area contributed by atoms with Gasteiger partial charge in [0.2, 0.25) is 11.8 Å². The highest BCUT2D eigenvalue weighted by molar-refractivity contribution is 9.10. The van der Waals surface area contributed by atoms with Crippen molar-refractivity contribution in [1.82, 2.24) is 25.5 Å². The molecule has 3 heterocycles. The smallest absolute Gasteiger partial charge is 0.280 e. The molecule has 1 aliphatic rings. The van der Waals surface area contributed by atoms with Crippen LogP contribution in [-0.4, -0.2) is 62.4 Å². The second-order valence-electron chi connectivity index (χ2n) is 11.9. The molecule has 0 spiro atoms. The molecule has 4 aromatic rings. The van der Waals surface area contributed by atoms with E-state index in [1.807, 2.05) is 82.6 Å². The largest absolute Gasteiger partial charge is 0.391 e. The number of aliphatic hydroxyl groups is 1. The van der Waals surface area contributed by atoms with Gasteiger partial charge in [0.05, 0.1) is 38.4 Å². The van der Waals surface area contributed by atoms with Crippen LogP contribution in [0.5, 0.6) is 0 Å². The number of likely N-dealkylation sites (tertiary alicyclic amines) is 1. The first-order chi connectivity index (χ1) is 20.3. The van der Waals surface area contributed by atoms with Crippen molar-refractivity contribution in [3.05, 3.63) is 68.7 Å². The maximum absolute atomic E-state index is 14.0. The Hall–Kier alpha value is -3.19. The minimum absolute atomic E-state index is 0.00577. The van der Waals surface area contributed by atoms with E-state index in [0.717, 1.165) is 30.9 Å². The maximum atomic E-state index is 14.0. The number of carbonyl (C=O) groups excluding carboxylic acids is 3.